The smallest absolute Gasteiger partial charge is 0.325 e. The molecule has 1 aromatic rings. The van der Waals surface area contributed by atoms with Crippen LogP contribution in [0.5, 0.6) is 0 Å². The standard InChI is InChI=1S/C12H14N2O5S/c1-3-7-13(8-11(15)19-4-2)12(16)9-5-6-10(20-9)14(17)18/h3,5-6H,1,4,7-8H2,2H3. The van der Waals surface area contributed by atoms with E-state index in [0.29, 0.717) is 0 Å². The molecule has 0 bridgehead atoms. The molecule has 108 valence electrons. The third kappa shape index (κ3) is 4.16. The van der Waals surface area contributed by atoms with Crippen LogP contribution in [0.4, 0.5) is 5.00 Å². The Labute approximate surface area is 119 Å². The molecule has 0 saturated heterocycles. The number of carbonyl (C=O) groups excluding carboxylic acids is 2. The first-order valence-corrected chi connectivity index (χ1v) is 6.61. The summed E-state index contributed by atoms with van der Waals surface area (Å²) >= 11 is 0.767. The van der Waals surface area contributed by atoms with Crippen molar-refractivity contribution >= 4 is 28.2 Å². The molecule has 8 heteroatoms. The normalized spacial score (nSPS) is 9.85. The summed E-state index contributed by atoms with van der Waals surface area (Å²) in [5.74, 6) is -0.996. The summed E-state index contributed by atoms with van der Waals surface area (Å²) < 4.78 is 4.78. The summed E-state index contributed by atoms with van der Waals surface area (Å²) in [4.78, 5) is 35.0. The first kappa shape index (κ1) is 15.8. The van der Waals surface area contributed by atoms with E-state index in [9.17, 15) is 19.7 Å². The number of amides is 1. The maximum absolute atomic E-state index is 12.2. The molecule has 0 atom stereocenters. The van der Waals surface area contributed by atoms with Gasteiger partial charge in [0, 0.05) is 12.6 Å². The molecule has 0 aliphatic heterocycles. The van der Waals surface area contributed by atoms with E-state index in [2.05, 4.69) is 6.58 Å². The quantitative estimate of drug-likeness (QED) is 0.331. The lowest BCUT2D eigenvalue weighted by molar-refractivity contribution is -0.380. The van der Waals surface area contributed by atoms with Crippen molar-refractivity contribution in [3.8, 4) is 0 Å². The van der Waals surface area contributed by atoms with E-state index in [-0.39, 0.29) is 29.6 Å². The Morgan fingerprint density at radius 1 is 1.55 bits per heavy atom. The molecule has 1 rings (SSSR count). The molecule has 0 N–H and O–H groups in total. The molecule has 1 aromatic heterocycles. The summed E-state index contributed by atoms with van der Waals surface area (Å²) in [7, 11) is 0. The largest absolute Gasteiger partial charge is 0.465 e. The molecular formula is C12H14N2O5S. The average molecular weight is 298 g/mol. The molecule has 0 spiro atoms. The number of carbonyl (C=O) groups is 2. The van der Waals surface area contributed by atoms with Crippen LogP contribution in [0.1, 0.15) is 16.6 Å². The summed E-state index contributed by atoms with van der Waals surface area (Å²) in [6.07, 6.45) is 1.47. The van der Waals surface area contributed by atoms with Crippen molar-refractivity contribution in [2.75, 3.05) is 19.7 Å². The van der Waals surface area contributed by atoms with Gasteiger partial charge in [-0.05, 0) is 13.0 Å². The monoisotopic (exact) mass is 298 g/mol. The zero-order valence-electron chi connectivity index (χ0n) is 10.9. The maximum Gasteiger partial charge on any atom is 0.325 e. The van der Waals surface area contributed by atoms with Crippen molar-refractivity contribution in [1.82, 2.24) is 4.90 Å². The molecule has 7 nitrogen and oxygen atoms in total. The van der Waals surface area contributed by atoms with E-state index in [1.807, 2.05) is 0 Å². The minimum Gasteiger partial charge on any atom is -0.465 e. The van der Waals surface area contributed by atoms with E-state index in [1.165, 1.54) is 23.1 Å². The molecule has 20 heavy (non-hydrogen) atoms. The number of nitro groups is 1. The van der Waals surface area contributed by atoms with Gasteiger partial charge in [0.2, 0.25) is 0 Å². The van der Waals surface area contributed by atoms with Crippen molar-refractivity contribution in [1.29, 1.82) is 0 Å². The van der Waals surface area contributed by atoms with Gasteiger partial charge in [0.25, 0.3) is 5.91 Å². The second kappa shape index (κ2) is 7.39. The lowest BCUT2D eigenvalue weighted by Gasteiger charge is -2.18. The van der Waals surface area contributed by atoms with E-state index in [4.69, 9.17) is 4.74 Å². The molecule has 0 saturated carbocycles. The summed E-state index contributed by atoms with van der Waals surface area (Å²) in [6, 6.07) is 2.63. The molecular weight excluding hydrogens is 284 g/mol. The highest BCUT2D eigenvalue weighted by atomic mass is 32.1. The van der Waals surface area contributed by atoms with Crippen LogP contribution in [-0.4, -0.2) is 41.4 Å². The fourth-order valence-electron chi connectivity index (χ4n) is 1.43. The third-order valence-corrected chi connectivity index (χ3v) is 3.27. The van der Waals surface area contributed by atoms with Gasteiger partial charge in [-0.1, -0.05) is 17.4 Å². The zero-order valence-corrected chi connectivity index (χ0v) is 11.7. The van der Waals surface area contributed by atoms with Gasteiger partial charge in [-0.2, -0.15) is 0 Å². The highest BCUT2D eigenvalue weighted by Gasteiger charge is 2.22. The molecule has 0 fully saturated rings. The maximum atomic E-state index is 12.2. The summed E-state index contributed by atoms with van der Waals surface area (Å²) in [6.45, 7) is 5.34. The van der Waals surface area contributed by atoms with Gasteiger partial charge < -0.3 is 9.64 Å². The first-order chi connectivity index (χ1) is 9.49. The molecule has 1 heterocycles. The second-order valence-corrected chi connectivity index (χ2v) is 4.74. The van der Waals surface area contributed by atoms with Crippen LogP contribution in [0.25, 0.3) is 0 Å². The van der Waals surface area contributed by atoms with Crippen molar-refractivity contribution in [3.63, 3.8) is 0 Å². The molecule has 0 aliphatic rings. The van der Waals surface area contributed by atoms with Gasteiger partial charge in [-0.3, -0.25) is 19.7 Å². The van der Waals surface area contributed by atoms with Crippen LogP contribution >= 0.6 is 11.3 Å². The highest BCUT2D eigenvalue weighted by molar-refractivity contribution is 7.17. The lowest BCUT2D eigenvalue weighted by Crippen LogP contribution is -2.36. The fourth-order valence-corrected chi connectivity index (χ4v) is 2.22. The van der Waals surface area contributed by atoms with Gasteiger partial charge in [0.05, 0.1) is 16.4 Å². The zero-order chi connectivity index (χ0) is 15.1. The minimum atomic E-state index is -0.565. The number of esters is 1. The highest BCUT2D eigenvalue weighted by Crippen LogP contribution is 2.25. The van der Waals surface area contributed by atoms with Crippen LogP contribution in [0.2, 0.25) is 0 Å². The molecule has 0 radical (unpaired) electrons. The van der Waals surface area contributed by atoms with Crippen molar-refractivity contribution in [2.45, 2.75) is 6.92 Å². The Bertz CT molecular complexity index is 526. The van der Waals surface area contributed by atoms with E-state index in [0.717, 1.165) is 11.3 Å². The van der Waals surface area contributed by atoms with E-state index >= 15 is 0 Å². The minimum absolute atomic E-state index is 0.122. The van der Waals surface area contributed by atoms with Gasteiger partial charge in [0.15, 0.2) is 0 Å². The van der Waals surface area contributed by atoms with Crippen LogP contribution in [0.15, 0.2) is 24.8 Å². The Balaban J connectivity index is 2.84. The van der Waals surface area contributed by atoms with Crippen LogP contribution in [0, 0.1) is 10.1 Å². The number of hydrogen-bond donors (Lipinski definition) is 0. The second-order valence-electron chi connectivity index (χ2n) is 3.67. The predicted octanol–water partition coefficient (Wildman–Crippen LogP) is 1.85. The molecule has 0 unspecified atom stereocenters. The van der Waals surface area contributed by atoms with Gasteiger partial charge in [0.1, 0.15) is 6.54 Å². The molecule has 1 amide bonds. The Morgan fingerprint density at radius 3 is 2.75 bits per heavy atom. The Morgan fingerprint density at radius 2 is 2.25 bits per heavy atom. The molecule has 0 aromatic carbocycles. The van der Waals surface area contributed by atoms with Crippen molar-refractivity contribution in [3.05, 3.63) is 39.8 Å². The average Bonchev–Trinajstić information content (AvgIpc) is 2.87. The number of nitrogens with zero attached hydrogens (tertiary/aromatic N) is 2. The van der Waals surface area contributed by atoms with Crippen LogP contribution < -0.4 is 0 Å². The van der Waals surface area contributed by atoms with Gasteiger partial charge in [-0.25, -0.2) is 0 Å². The number of hydrogen-bond acceptors (Lipinski definition) is 6. The molecule has 0 aliphatic carbocycles. The van der Waals surface area contributed by atoms with Gasteiger partial charge in [-0.15, -0.1) is 6.58 Å². The van der Waals surface area contributed by atoms with Crippen LogP contribution in [0.3, 0.4) is 0 Å². The van der Waals surface area contributed by atoms with Gasteiger partial charge >= 0.3 is 11.0 Å². The van der Waals surface area contributed by atoms with Crippen molar-refractivity contribution < 1.29 is 19.2 Å². The first-order valence-electron chi connectivity index (χ1n) is 5.79. The number of rotatable bonds is 7. The van der Waals surface area contributed by atoms with E-state index in [1.54, 1.807) is 6.92 Å². The third-order valence-electron chi connectivity index (χ3n) is 2.24. The Hall–Kier alpha value is -2.22. The predicted molar refractivity (Wildman–Crippen MR) is 73.7 cm³/mol. The number of thiophene rings is 1. The van der Waals surface area contributed by atoms with Crippen LogP contribution in [-0.2, 0) is 9.53 Å². The topological polar surface area (TPSA) is 89.8 Å². The SMILES string of the molecule is C=CCN(CC(=O)OCC)C(=O)c1ccc([N+](=O)[O-])s1. The Kier molecular flexibility index (Phi) is 5.85. The lowest BCUT2D eigenvalue weighted by atomic mass is 10.3. The number of ether oxygens (including phenoxy) is 1. The van der Waals surface area contributed by atoms with E-state index < -0.39 is 16.8 Å². The van der Waals surface area contributed by atoms with Crippen molar-refractivity contribution in [2.24, 2.45) is 0 Å². The summed E-state index contributed by atoms with van der Waals surface area (Å²) in [5, 5.41) is 10.5. The summed E-state index contributed by atoms with van der Waals surface area (Å²) in [5.41, 5.74) is 0. The fraction of sp³-hybridized carbons (Fsp3) is 0.333.